The maximum Gasteiger partial charge on any atom is 0.355 e. The number of pyridine rings is 1. The molecule has 10 nitrogen and oxygen atoms in total. The zero-order valence-corrected chi connectivity index (χ0v) is 21.3. The molecule has 0 aliphatic carbocycles. The van der Waals surface area contributed by atoms with Gasteiger partial charge < -0.3 is 23.8 Å². The summed E-state index contributed by atoms with van der Waals surface area (Å²) in [5, 5.41) is 0. The van der Waals surface area contributed by atoms with Gasteiger partial charge in [-0.2, -0.15) is 0 Å². The average molecular weight is 507 g/mol. The van der Waals surface area contributed by atoms with Crippen LogP contribution in [0.25, 0.3) is 11.1 Å². The minimum atomic E-state index is -0.748. The largest absolute Gasteiger partial charge is 0.465 e. The Labute approximate surface area is 213 Å². The molecule has 0 amide bonds. The van der Waals surface area contributed by atoms with Gasteiger partial charge in [-0.1, -0.05) is 18.2 Å². The number of esters is 4. The quantitative estimate of drug-likeness (QED) is 0.425. The number of anilines is 1. The zero-order chi connectivity index (χ0) is 27.3. The lowest BCUT2D eigenvalue weighted by Gasteiger charge is -2.23. The molecule has 0 bridgehead atoms. The highest BCUT2D eigenvalue weighted by Crippen LogP contribution is 2.35. The molecular formula is C27H26N2O8. The van der Waals surface area contributed by atoms with Crippen LogP contribution in [0.1, 0.15) is 32.1 Å². The molecule has 3 rings (SSSR count). The van der Waals surface area contributed by atoms with Gasteiger partial charge in [-0.25, -0.2) is 19.2 Å². The van der Waals surface area contributed by atoms with Gasteiger partial charge in [0.25, 0.3) is 0 Å². The van der Waals surface area contributed by atoms with E-state index >= 15 is 0 Å². The lowest BCUT2D eigenvalue weighted by atomic mass is 9.92. The third-order valence-electron chi connectivity index (χ3n) is 5.66. The number of rotatable bonds is 6. The summed E-state index contributed by atoms with van der Waals surface area (Å²) in [6, 6.07) is 6.66. The van der Waals surface area contributed by atoms with Crippen molar-refractivity contribution >= 4 is 29.6 Å². The van der Waals surface area contributed by atoms with Crippen molar-refractivity contribution in [3.05, 3.63) is 82.5 Å². The number of methoxy groups -OCH3 is 4. The summed E-state index contributed by atoms with van der Waals surface area (Å²) in [5.74, 6) is -2.78. The number of aromatic nitrogens is 1. The second-order valence-corrected chi connectivity index (χ2v) is 7.75. The van der Waals surface area contributed by atoms with Crippen LogP contribution in [0.4, 0.5) is 5.69 Å². The van der Waals surface area contributed by atoms with Crippen LogP contribution < -0.4 is 4.90 Å². The van der Waals surface area contributed by atoms with E-state index in [1.54, 1.807) is 56.5 Å². The van der Waals surface area contributed by atoms with Gasteiger partial charge in [0.2, 0.25) is 0 Å². The number of aryl methyl sites for hydroxylation is 2. The van der Waals surface area contributed by atoms with E-state index in [-0.39, 0.29) is 22.4 Å². The van der Waals surface area contributed by atoms with E-state index in [4.69, 9.17) is 18.9 Å². The molecule has 1 aliphatic heterocycles. The molecule has 0 radical (unpaired) electrons. The first-order valence-corrected chi connectivity index (χ1v) is 11.0. The topological polar surface area (TPSA) is 121 Å². The highest BCUT2D eigenvalue weighted by Gasteiger charge is 2.29. The smallest absolute Gasteiger partial charge is 0.355 e. The van der Waals surface area contributed by atoms with Gasteiger partial charge >= 0.3 is 23.9 Å². The van der Waals surface area contributed by atoms with Crippen LogP contribution in [0, 0.1) is 13.8 Å². The van der Waals surface area contributed by atoms with E-state index in [2.05, 4.69) is 4.98 Å². The Kier molecular flexibility index (Phi) is 8.23. The highest BCUT2D eigenvalue weighted by molar-refractivity contribution is 6.08. The normalized spacial score (nSPS) is 12.6. The first kappa shape index (κ1) is 26.9. The fourth-order valence-electron chi connectivity index (χ4n) is 4.00. The molecule has 2 aromatic rings. The third-order valence-corrected chi connectivity index (χ3v) is 5.66. The fraction of sp³-hybridized carbons (Fsp3) is 0.222. The van der Waals surface area contributed by atoms with Crippen molar-refractivity contribution in [2.45, 2.75) is 13.8 Å². The average Bonchev–Trinajstić information content (AvgIpc) is 3.14. The SMILES string of the molecule is COC(=O)C1=C(C(=O)OC)N(c2ccc(-c3c(C(=O)OC)c(C)nc(C)c3C(=O)OC)cc2)C=CC=C1. The second kappa shape index (κ2) is 11.3. The van der Waals surface area contributed by atoms with Gasteiger partial charge in [-0.05, 0) is 43.7 Å². The Morgan fingerprint density at radius 2 is 1.22 bits per heavy atom. The molecule has 0 atom stereocenters. The van der Waals surface area contributed by atoms with Crippen LogP contribution >= 0.6 is 0 Å². The fourth-order valence-corrected chi connectivity index (χ4v) is 4.00. The van der Waals surface area contributed by atoms with Gasteiger partial charge in [0.05, 0.1) is 56.5 Å². The van der Waals surface area contributed by atoms with Crippen LogP contribution in [0.5, 0.6) is 0 Å². The van der Waals surface area contributed by atoms with Gasteiger partial charge in [0.1, 0.15) is 5.70 Å². The number of carbonyl (C=O) groups excluding carboxylic acids is 4. The molecule has 2 heterocycles. The molecule has 0 unspecified atom stereocenters. The lowest BCUT2D eigenvalue weighted by Crippen LogP contribution is -2.26. The van der Waals surface area contributed by atoms with E-state index in [9.17, 15) is 19.2 Å². The summed E-state index contributed by atoms with van der Waals surface area (Å²) < 4.78 is 19.7. The molecule has 1 aliphatic rings. The summed E-state index contributed by atoms with van der Waals surface area (Å²) in [6.07, 6.45) is 6.29. The summed E-state index contributed by atoms with van der Waals surface area (Å²) in [7, 11) is 4.91. The van der Waals surface area contributed by atoms with Crippen molar-refractivity contribution in [3.8, 4) is 11.1 Å². The van der Waals surface area contributed by atoms with Crippen LogP contribution in [0.15, 0.2) is 60.0 Å². The summed E-state index contributed by atoms with van der Waals surface area (Å²) in [6.45, 7) is 3.30. The monoisotopic (exact) mass is 506 g/mol. The van der Waals surface area contributed by atoms with E-state index in [0.717, 1.165) is 0 Å². The molecule has 1 aromatic carbocycles. The van der Waals surface area contributed by atoms with Crippen LogP contribution in [0.3, 0.4) is 0 Å². The van der Waals surface area contributed by atoms with Gasteiger partial charge in [0, 0.05) is 17.5 Å². The number of hydrogen-bond donors (Lipinski definition) is 0. The van der Waals surface area contributed by atoms with Crippen molar-refractivity contribution in [2.24, 2.45) is 0 Å². The molecular weight excluding hydrogens is 480 g/mol. The molecule has 0 saturated heterocycles. The van der Waals surface area contributed by atoms with E-state index in [1.807, 2.05) is 0 Å². The minimum Gasteiger partial charge on any atom is -0.465 e. The third kappa shape index (κ3) is 5.13. The minimum absolute atomic E-state index is 0.00441. The van der Waals surface area contributed by atoms with Crippen molar-refractivity contribution in [1.82, 2.24) is 4.98 Å². The van der Waals surface area contributed by atoms with E-state index in [0.29, 0.717) is 28.2 Å². The Morgan fingerprint density at radius 3 is 1.70 bits per heavy atom. The summed E-state index contributed by atoms with van der Waals surface area (Å²) in [5.41, 5.74) is 2.29. The van der Waals surface area contributed by atoms with Crippen molar-refractivity contribution in [1.29, 1.82) is 0 Å². The highest BCUT2D eigenvalue weighted by atomic mass is 16.5. The molecule has 1 aromatic heterocycles. The molecule has 10 heteroatoms. The number of benzene rings is 1. The first-order chi connectivity index (χ1) is 17.7. The Balaban J connectivity index is 2.24. The number of nitrogens with zero attached hydrogens (tertiary/aromatic N) is 2. The number of ether oxygens (including phenoxy) is 4. The van der Waals surface area contributed by atoms with Crippen LogP contribution in [-0.2, 0) is 28.5 Å². The van der Waals surface area contributed by atoms with Crippen LogP contribution in [-0.4, -0.2) is 57.3 Å². The number of hydrogen-bond acceptors (Lipinski definition) is 10. The maximum absolute atomic E-state index is 12.7. The van der Waals surface area contributed by atoms with Crippen molar-refractivity contribution in [3.63, 3.8) is 0 Å². The molecule has 192 valence electrons. The van der Waals surface area contributed by atoms with Crippen molar-refractivity contribution < 1.29 is 38.1 Å². The number of carbonyl (C=O) groups is 4. The molecule has 0 fully saturated rings. The molecule has 0 N–H and O–H groups in total. The maximum atomic E-state index is 12.7. The predicted octanol–water partition coefficient (Wildman–Crippen LogP) is 3.43. The van der Waals surface area contributed by atoms with E-state index < -0.39 is 23.9 Å². The Hall–Kier alpha value is -4.73. The summed E-state index contributed by atoms with van der Waals surface area (Å²) >= 11 is 0. The Bertz CT molecular complexity index is 1310. The number of allylic oxidation sites excluding steroid dienone is 2. The molecule has 37 heavy (non-hydrogen) atoms. The molecule has 0 spiro atoms. The van der Waals surface area contributed by atoms with E-state index in [1.165, 1.54) is 39.4 Å². The molecule has 0 saturated carbocycles. The standard InChI is InChI=1S/C27H26N2O8/c1-15-20(25(31)35-4)22(21(16(2)28-15)26(32)36-5)17-10-12-18(13-11-17)29-14-8-7-9-19(24(30)34-3)23(29)27(33)37-6/h7-14H,1-6H3. The van der Waals surface area contributed by atoms with Gasteiger partial charge in [0.15, 0.2) is 0 Å². The zero-order valence-electron chi connectivity index (χ0n) is 21.3. The van der Waals surface area contributed by atoms with Gasteiger partial charge in [-0.15, -0.1) is 0 Å². The second-order valence-electron chi connectivity index (χ2n) is 7.75. The van der Waals surface area contributed by atoms with Crippen molar-refractivity contribution in [2.75, 3.05) is 33.3 Å². The van der Waals surface area contributed by atoms with Crippen LogP contribution in [0.2, 0.25) is 0 Å². The van der Waals surface area contributed by atoms with Gasteiger partial charge in [-0.3, -0.25) is 4.98 Å². The summed E-state index contributed by atoms with van der Waals surface area (Å²) in [4.78, 5) is 56.3. The predicted molar refractivity (Wildman–Crippen MR) is 134 cm³/mol. The Morgan fingerprint density at radius 1 is 0.703 bits per heavy atom. The lowest BCUT2D eigenvalue weighted by molar-refractivity contribution is -0.139. The first-order valence-electron chi connectivity index (χ1n) is 11.0.